The summed E-state index contributed by atoms with van der Waals surface area (Å²) in [5.41, 5.74) is 4.12. The highest BCUT2D eigenvalue weighted by molar-refractivity contribution is 6.30. The van der Waals surface area contributed by atoms with Crippen LogP contribution in [0.3, 0.4) is 0 Å². The van der Waals surface area contributed by atoms with E-state index in [9.17, 15) is 4.79 Å². The van der Waals surface area contributed by atoms with Crippen molar-refractivity contribution in [2.45, 2.75) is 12.8 Å². The van der Waals surface area contributed by atoms with Gasteiger partial charge in [0, 0.05) is 10.7 Å². The molecule has 0 radical (unpaired) electrons. The lowest BCUT2D eigenvalue weighted by Gasteiger charge is -2.06. The van der Waals surface area contributed by atoms with E-state index in [0.29, 0.717) is 0 Å². The Hall–Kier alpha value is -1.80. The lowest BCUT2D eigenvalue weighted by Crippen LogP contribution is -2.08. The van der Waals surface area contributed by atoms with Crippen molar-refractivity contribution in [3.8, 4) is 11.1 Å². The summed E-state index contributed by atoms with van der Waals surface area (Å²) in [6.07, 6.45) is 0. The largest absolute Gasteiger partial charge is 0.325 e. The number of benzene rings is 2. The third-order valence-electron chi connectivity index (χ3n) is 3.33. The van der Waals surface area contributed by atoms with Gasteiger partial charge in [-0.2, -0.15) is 0 Å². The van der Waals surface area contributed by atoms with Gasteiger partial charge in [-0.25, -0.2) is 0 Å². The molecule has 2 nitrogen and oxygen atoms in total. The van der Waals surface area contributed by atoms with Gasteiger partial charge in [0.15, 0.2) is 0 Å². The number of fused-ring (bicyclic) bond motifs is 1. The first-order valence-corrected chi connectivity index (χ1v) is 6.24. The molecule has 0 bridgehead atoms. The van der Waals surface area contributed by atoms with Crippen LogP contribution in [0.15, 0.2) is 42.5 Å². The van der Waals surface area contributed by atoms with Crippen molar-refractivity contribution in [2.24, 2.45) is 0 Å². The third kappa shape index (κ3) is 1.79. The van der Waals surface area contributed by atoms with Crippen LogP contribution in [0.1, 0.15) is 18.4 Å². The van der Waals surface area contributed by atoms with Crippen molar-refractivity contribution in [3.63, 3.8) is 0 Å². The third-order valence-corrected chi connectivity index (χ3v) is 3.56. The maximum atomic E-state index is 11.6. The molecule has 1 atom stereocenters. The topological polar surface area (TPSA) is 29.1 Å². The molecule has 0 aromatic heterocycles. The quantitative estimate of drug-likeness (QED) is 0.820. The van der Waals surface area contributed by atoms with Gasteiger partial charge in [0.25, 0.3) is 0 Å². The molecule has 3 heteroatoms. The summed E-state index contributed by atoms with van der Waals surface area (Å²) in [4.78, 5) is 11.6. The number of hydrogen-bond acceptors (Lipinski definition) is 1. The molecule has 2 aromatic rings. The van der Waals surface area contributed by atoms with Crippen LogP contribution in [0.5, 0.6) is 0 Å². The first-order valence-electron chi connectivity index (χ1n) is 5.86. The van der Waals surface area contributed by atoms with Gasteiger partial charge in [0.1, 0.15) is 0 Å². The molecule has 1 aliphatic rings. The van der Waals surface area contributed by atoms with Crippen molar-refractivity contribution in [3.05, 3.63) is 53.1 Å². The number of hydrogen-bond donors (Lipinski definition) is 1. The predicted octanol–water partition coefficient (Wildman–Crippen LogP) is 4.06. The fourth-order valence-electron chi connectivity index (χ4n) is 2.26. The summed E-state index contributed by atoms with van der Waals surface area (Å²) in [5.74, 6) is -0.0209. The summed E-state index contributed by atoms with van der Waals surface area (Å²) in [5, 5.41) is 3.59. The van der Waals surface area contributed by atoms with Crippen molar-refractivity contribution in [1.82, 2.24) is 0 Å². The Morgan fingerprint density at radius 1 is 1.11 bits per heavy atom. The summed E-state index contributed by atoms with van der Waals surface area (Å²) < 4.78 is 0. The molecular weight excluding hydrogens is 246 g/mol. The average Bonchev–Trinajstić information content (AvgIpc) is 2.65. The molecule has 1 unspecified atom stereocenters. The molecule has 0 aliphatic carbocycles. The second-order valence-electron chi connectivity index (χ2n) is 4.52. The van der Waals surface area contributed by atoms with Crippen LogP contribution in [-0.2, 0) is 4.79 Å². The Morgan fingerprint density at radius 3 is 2.67 bits per heavy atom. The van der Waals surface area contributed by atoms with Gasteiger partial charge in [-0.05, 0) is 47.9 Å². The predicted molar refractivity (Wildman–Crippen MR) is 73.9 cm³/mol. The van der Waals surface area contributed by atoms with Crippen LogP contribution in [0.25, 0.3) is 11.1 Å². The summed E-state index contributed by atoms with van der Waals surface area (Å²) in [6, 6.07) is 13.7. The molecule has 1 aliphatic heterocycles. The van der Waals surface area contributed by atoms with Crippen LogP contribution in [-0.4, -0.2) is 5.91 Å². The van der Waals surface area contributed by atoms with Gasteiger partial charge < -0.3 is 5.32 Å². The van der Waals surface area contributed by atoms with E-state index < -0.39 is 0 Å². The Bertz CT molecular complexity index is 636. The summed E-state index contributed by atoms with van der Waals surface area (Å²) in [6.45, 7) is 1.92. The second kappa shape index (κ2) is 4.14. The molecule has 0 saturated carbocycles. The lowest BCUT2D eigenvalue weighted by molar-refractivity contribution is -0.116. The minimum absolute atomic E-state index is 0.0632. The normalized spacial score (nSPS) is 17.4. The number of anilines is 1. The van der Waals surface area contributed by atoms with Gasteiger partial charge >= 0.3 is 0 Å². The average molecular weight is 258 g/mol. The Balaban J connectivity index is 2.09. The van der Waals surface area contributed by atoms with E-state index in [2.05, 4.69) is 11.4 Å². The number of amides is 1. The van der Waals surface area contributed by atoms with E-state index in [-0.39, 0.29) is 11.8 Å². The summed E-state index contributed by atoms with van der Waals surface area (Å²) in [7, 11) is 0. The highest BCUT2D eigenvalue weighted by Crippen LogP contribution is 2.35. The number of carbonyl (C=O) groups is 1. The van der Waals surface area contributed by atoms with Crippen LogP contribution >= 0.6 is 11.6 Å². The van der Waals surface area contributed by atoms with E-state index in [4.69, 9.17) is 11.6 Å². The van der Waals surface area contributed by atoms with E-state index in [1.807, 2.05) is 43.3 Å². The van der Waals surface area contributed by atoms with Crippen LogP contribution < -0.4 is 5.32 Å². The van der Waals surface area contributed by atoms with E-state index in [1.54, 1.807) is 0 Å². The second-order valence-corrected chi connectivity index (χ2v) is 4.96. The molecule has 1 heterocycles. The Morgan fingerprint density at radius 2 is 1.89 bits per heavy atom. The van der Waals surface area contributed by atoms with E-state index in [0.717, 1.165) is 27.4 Å². The SMILES string of the molecule is CC1C(=O)Nc2ccc(-c3cccc(Cl)c3)cc21. The standard InChI is InChI=1S/C15H12ClNO/c1-9-13-8-11(5-6-14(13)17-15(9)18)10-3-2-4-12(16)7-10/h2-9H,1H3,(H,17,18). The van der Waals surface area contributed by atoms with Crippen molar-refractivity contribution in [2.75, 3.05) is 5.32 Å². The van der Waals surface area contributed by atoms with Crippen LogP contribution in [0.4, 0.5) is 5.69 Å². The molecule has 1 amide bonds. The summed E-state index contributed by atoms with van der Waals surface area (Å²) >= 11 is 6.00. The monoisotopic (exact) mass is 257 g/mol. The molecule has 0 saturated heterocycles. The minimum atomic E-state index is -0.0841. The molecule has 3 rings (SSSR count). The van der Waals surface area contributed by atoms with Gasteiger partial charge in [0.05, 0.1) is 5.92 Å². The maximum Gasteiger partial charge on any atom is 0.231 e. The van der Waals surface area contributed by atoms with Crippen LogP contribution in [0.2, 0.25) is 5.02 Å². The molecule has 2 aromatic carbocycles. The molecular formula is C15H12ClNO. The molecule has 90 valence electrons. The van der Waals surface area contributed by atoms with Gasteiger partial charge in [-0.15, -0.1) is 0 Å². The number of halogens is 1. The van der Waals surface area contributed by atoms with Gasteiger partial charge in [0.2, 0.25) is 5.91 Å². The van der Waals surface area contributed by atoms with Crippen molar-refractivity contribution < 1.29 is 4.79 Å². The highest BCUT2D eigenvalue weighted by Gasteiger charge is 2.26. The first kappa shape index (κ1) is 11.3. The Kier molecular flexibility index (Phi) is 2.60. The zero-order valence-corrected chi connectivity index (χ0v) is 10.7. The molecule has 18 heavy (non-hydrogen) atoms. The number of carbonyl (C=O) groups excluding carboxylic acids is 1. The first-order chi connectivity index (χ1) is 8.65. The molecule has 0 spiro atoms. The smallest absolute Gasteiger partial charge is 0.231 e. The van der Waals surface area contributed by atoms with E-state index in [1.165, 1.54) is 0 Å². The van der Waals surface area contributed by atoms with E-state index >= 15 is 0 Å². The lowest BCUT2D eigenvalue weighted by atomic mass is 9.97. The minimum Gasteiger partial charge on any atom is -0.325 e. The van der Waals surface area contributed by atoms with Gasteiger partial charge in [-0.3, -0.25) is 4.79 Å². The maximum absolute atomic E-state index is 11.6. The zero-order valence-electron chi connectivity index (χ0n) is 9.91. The zero-order chi connectivity index (χ0) is 12.7. The fourth-order valence-corrected chi connectivity index (χ4v) is 2.45. The molecule has 1 N–H and O–H groups in total. The van der Waals surface area contributed by atoms with Gasteiger partial charge in [-0.1, -0.05) is 29.8 Å². The highest BCUT2D eigenvalue weighted by atomic mass is 35.5. The Labute approximate surface area is 111 Å². The fraction of sp³-hybridized carbons (Fsp3) is 0.133. The van der Waals surface area contributed by atoms with Crippen molar-refractivity contribution in [1.29, 1.82) is 0 Å². The number of rotatable bonds is 1. The van der Waals surface area contributed by atoms with Crippen molar-refractivity contribution >= 4 is 23.2 Å². The molecule has 0 fully saturated rings. The van der Waals surface area contributed by atoms with Crippen LogP contribution in [0, 0.1) is 0 Å². The number of nitrogens with one attached hydrogen (secondary N) is 1.